The number of hydrogen-bond acceptors (Lipinski definition) is 5. The number of hydrogen-bond donors (Lipinski definition) is 1. The summed E-state index contributed by atoms with van der Waals surface area (Å²) in [4.78, 5) is 27.2. The van der Waals surface area contributed by atoms with Crippen LogP contribution in [0.25, 0.3) is 6.08 Å². The summed E-state index contributed by atoms with van der Waals surface area (Å²) >= 11 is 0. The largest absolute Gasteiger partial charge is 0.497 e. The van der Waals surface area contributed by atoms with Crippen molar-refractivity contribution in [1.29, 1.82) is 0 Å². The molecule has 0 aromatic heterocycles. The van der Waals surface area contributed by atoms with Crippen LogP contribution >= 0.6 is 0 Å². The van der Waals surface area contributed by atoms with E-state index in [1.165, 1.54) is 0 Å². The Morgan fingerprint density at radius 3 is 2.36 bits per heavy atom. The lowest BCUT2D eigenvalue weighted by molar-refractivity contribution is -0.125. The van der Waals surface area contributed by atoms with E-state index < -0.39 is 0 Å². The second kappa shape index (κ2) is 9.08. The first-order chi connectivity index (χ1) is 12.0. The number of methoxy groups -OCH3 is 2. The molecule has 0 saturated carbocycles. The van der Waals surface area contributed by atoms with Crippen LogP contribution in [0.2, 0.25) is 0 Å². The number of benzene rings is 1. The second-order valence-electron chi connectivity index (χ2n) is 5.90. The molecule has 2 rings (SSSR count). The molecule has 0 radical (unpaired) electrons. The zero-order valence-electron chi connectivity index (χ0n) is 14.7. The fraction of sp³-hybridized carbons (Fsp3) is 0.444. The molecule has 7 nitrogen and oxygen atoms in total. The van der Waals surface area contributed by atoms with Crippen LogP contribution in [0, 0.1) is 0 Å². The standard InChI is InChI=1S/C18H25N3O4/c1-24-15-10-14(11-16(12-15)25-2)4-5-18(23)21-7-3-6-20(8-9-21)13-17(19)22/h4-5,10-12H,3,6-9,13H2,1-2H3,(H2,19,22)/b5-4-. The van der Waals surface area contributed by atoms with Gasteiger partial charge in [-0.3, -0.25) is 14.5 Å². The fourth-order valence-electron chi connectivity index (χ4n) is 2.77. The predicted molar refractivity (Wildman–Crippen MR) is 95.4 cm³/mol. The summed E-state index contributed by atoms with van der Waals surface area (Å²) in [6.45, 7) is 2.90. The topological polar surface area (TPSA) is 85.1 Å². The maximum atomic E-state index is 12.4. The molecule has 0 unspecified atom stereocenters. The highest BCUT2D eigenvalue weighted by Gasteiger charge is 2.18. The molecule has 1 aliphatic heterocycles. The van der Waals surface area contributed by atoms with Gasteiger partial charge in [0.25, 0.3) is 0 Å². The molecule has 0 bridgehead atoms. The van der Waals surface area contributed by atoms with Crippen LogP contribution in [0.15, 0.2) is 24.3 Å². The Morgan fingerprint density at radius 1 is 1.08 bits per heavy atom. The Morgan fingerprint density at radius 2 is 1.76 bits per heavy atom. The SMILES string of the molecule is COc1cc(/C=C\C(=O)N2CCCN(CC(N)=O)CC2)cc(OC)c1. The molecule has 1 aromatic carbocycles. The summed E-state index contributed by atoms with van der Waals surface area (Å²) in [6, 6.07) is 5.45. The number of primary amides is 1. The van der Waals surface area contributed by atoms with Crippen molar-refractivity contribution >= 4 is 17.9 Å². The van der Waals surface area contributed by atoms with Crippen LogP contribution in [0.5, 0.6) is 11.5 Å². The highest BCUT2D eigenvalue weighted by atomic mass is 16.5. The predicted octanol–water partition coefficient (Wildman–Crippen LogP) is 0.737. The lowest BCUT2D eigenvalue weighted by atomic mass is 10.2. The molecule has 1 fully saturated rings. The summed E-state index contributed by atoms with van der Waals surface area (Å²) in [6.07, 6.45) is 4.12. The number of ether oxygens (including phenoxy) is 2. The second-order valence-corrected chi connectivity index (χ2v) is 5.90. The molecule has 1 saturated heterocycles. The molecule has 1 aliphatic rings. The average Bonchev–Trinajstić information content (AvgIpc) is 2.84. The third kappa shape index (κ3) is 5.79. The van der Waals surface area contributed by atoms with Gasteiger partial charge in [-0.25, -0.2) is 0 Å². The molecule has 1 aromatic rings. The van der Waals surface area contributed by atoms with Gasteiger partial charge in [0.15, 0.2) is 0 Å². The average molecular weight is 347 g/mol. The maximum absolute atomic E-state index is 12.4. The van der Waals surface area contributed by atoms with Crippen molar-refractivity contribution in [2.24, 2.45) is 5.73 Å². The number of carbonyl (C=O) groups is 2. The molecule has 0 aliphatic carbocycles. The zero-order valence-corrected chi connectivity index (χ0v) is 14.7. The van der Waals surface area contributed by atoms with Gasteiger partial charge in [-0.15, -0.1) is 0 Å². The Hall–Kier alpha value is -2.54. The van der Waals surface area contributed by atoms with Crippen LogP contribution in [-0.2, 0) is 9.59 Å². The summed E-state index contributed by atoms with van der Waals surface area (Å²) in [5.74, 6) is 0.945. The first-order valence-corrected chi connectivity index (χ1v) is 8.22. The number of amides is 2. The van der Waals surface area contributed by atoms with Gasteiger partial charge < -0.3 is 20.1 Å². The molecule has 2 amide bonds. The van der Waals surface area contributed by atoms with Crippen molar-refractivity contribution in [3.05, 3.63) is 29.8 Å². The van der Waals surface area contributed by atoms with Gasteiger partial charge in [-0.05, 0) is 30.2 Å². The van der Waals surface area contributed by atoms with Crippen molar-refractivity contribution in [1.82, 2.24) is 9.80 Å². The molecule has 0 atom stereocenters. The fourth-order valence-corrected chi connectivity index (χ4v) is 2.77. The zero-order chi connectivity index (χ0) is 18.2. The van der Waals surface area contributed by atoms with Gasteiger partial charge >= 0.3 is 0 Å². The molecule has 136 valence electrons. The minimum Gasteiger partial charge on any atom is -0.497 e. The summed E-state index contributed by atoms with van der Waals surface area (Å²) in [5, 5.41) is 0. The van der Waals surface area contributed by atoms with E-state index in [-0.39, 0.29) is 18.4 Å². The monoisotopic (exact) mass is 347 g/mol. The molecule has 0 spiro atoms. The van der Waals surface area contributed by atoms with Crippen molar-refractivity contribution < 1.29 is 19.1 Å². The van der Waals surface area contributed by atoms with E-state index in [4.69, 9.17) is 15.2 Å². The van der Waals surface area contributed by atoms with E-state index in [2.05, 4.69) is 0 Å². The van der Waals surface area contributed by atoms with Crippen molar-refractivity contribution in [2.75, 3.05) is 46.9 Å². The Labute approximate surface area is 148 Å². The van der Waals surface area contributed by atoms with Gasteiger partial charge in [0, 0.05) is 38.3 Å². The maximum Gasteiger partial charge on any atom is 0.246 e. The van der Waals surface area contributed by atoms with Crippen LogP contribution in [0.3, 0.4) is 0 Å². The summed E-state index contributed by atoms with van der Waals surface area (Å²) in [5.41, 5.74) is 6.06. The summed E-state index contributed by atoms with van der Waals surface area (Å²) in [7, 11) is 3.17. The summed E-state index contributed by atoms with van der Waals surface area (Å²) < 4.78 is 10.5. The molecular formula is C18H25N3O4. The van der Waals surface area contributed by atoms with E-state index in [0.29, 0.717) is 31.1 Å². The van der Waals surface area contributed by atoms with Gasteiger partial charge in [0.1, 0.15) is 11.5 Å². The third-order valence-electron chi connectivity index (χ3n) is 4.07. The Kier molecular flexibility index (Phi) is 6.82. The lowest BCUT2D eigenvalue weighted by Crippen LogP contribution is -2.37. The van der Waals surface area contributed by atoms with Crippen LogP contribution in [0.4, 0.5) is 0 Å². The Bertz CT molecular complexity index is 623. The van der Waals surface area contributed by atoms with E-state index in [0.717, 1.165) is 18.5 Å². The minimum absolute atomic E-state index is 0.0530. The van der Waals surface area contributed by atoms with Crippen LogP contribution < -0.4 is 15.2 Å². The van der Waals surface area contributed by atoms with Gasteiger partial charge in [-0.2, -0.15) is 0 Å². The van der Waals surface area contributed by atoms with Crippen LogP contribution in [-0.4, -0.2) is 68.6 Å². The first-order valence-electron chi connectivity index (χ1n) is 8.22. The van der Waals surface area contributed by atoms with Crippen molar-refractivity contribution in [3.8, 4) is 11.5 Å². The van der Waals surface area contributed by atoms with E-state index in [1.54, 1.807) is 37.3 Å². The smallest absolute Gasteiger partial charge is 0.246 e. The van der Waals surface area contributed by atoms with E-state index in [9.17, 15) is 9.59 Å². The lowest BCUT2D eigenvalue weighted by Gasteiger charge is -2.20. The van der Waals surface area contributed by atoms with Crippen LogP contribution in [0.1, 0.15) is 12.0 Å². The van der Waals surface area contributed by atoms with E-state index in [1.807, 2.05) is 17.0 Å². The van der Waals surface area contributed by atoms with Crippen molar-refractivity contribution in [3.63, 3.8) is 0 Å². The number of carbonyl (C=O) groups excluding carboxylic acids is 2. The molecule has 1 heterocycles. The van der Waals surface area contributed by atoms with Crippen molar-refractivity contribution in [2.45, 2.75) is 6.42 Å². The van der Waals surface area contributed by atoms with Gasteiger partial charge in [-0.1, -0.05) is 0 Å². The Balaban J connectivity index is 1.99. The third-order valence-corrected chi connectivity index (χ3v) is 4.07. The first kappa shape index (κ1) is 18.8. The van der Waals surface area contributed by atoms with E-state index >= 15 is 0 Å². The number of nitrogens with two attached hydrogens (primary N) is 1. The quantitative estimate of drug-likeness (QED) is 0.767. The van der Waals surface area contributed by atoms with Gasteiger partial charge in [0.05, 0.1) is 20.8 Å². The normalized spacial score (nSPS) is 15.8. The molecule has 7 heteroatoms. The highest BCUT2D eigenvalue weighted by molar-refractivity contribution is 5.92. The number of rotatable bonds is 6. The molecular weight excluding hydrogens is 322 g/mol. The number of nitrogens with zero attached hydrogens (tertiary/aromatic N) is 2. The molecule has 2 N–H and O–H groups in total. The van der Waals surface area contributed by atoms with Gasteiger partial charge in [0.2, 0.25) is 11.8 Å². The highest BCUT2D eigenvalue weighted by Crippen LogP contribution is 2.23. The minimum atomic E-state index is -0.341. The molecule has 25 heavy (non-hydrogen) atoms.